The molecule has 0 aliphatic rings. The first kappa shape index (κ1) is 13.2. The summed E-state index contributed by atoms with van der Waals surface area (Å²) in [5.41, 5.74) is -0.198. The molecule has 0 aliphatic heterocycles. The third-order valence-corrected chi connectivity index (χ3v) is 1.90. The van der Waals surface area contributed by atoms with Crippen LogP contribution >= 0.6 is 11.6 Å². The largest absolute Gasteiger partial charge is 0.465 e. The molecule has 1 N–H and O–H groups in total. The van der Waals surface area contributed by atoms with E-state index in [1.54, 1.807) is 6.92 Å². The van der Waals surface area contributed by atoms with E-state index in [9.17, 15) is 14.9 Å². The smallest absolute Gasteiger partial charge is 0.325 e. The highest BCUT2D eigenvalue weighted by molar-refractivity contribution is 6.29. The normalized spacial score (nSPS) is 9.76. The third-order valence-electron chi connectivity index (χ3n) is 1.71. The molecule has 92 valence electrons. The molecular formula is C9H10ClN3O4. The monoisotopic (exact) mass is 259 g/mol. The Bertz CT molecular complexity index is 438. The van der Waals surface area contributed by atoms with Gasteiger partial charge in [0.15, 0.2) is 0 Å². The van der Waals surface area contributed by atoms with Gasteiger partial charge in [0.2, 0.25) is 0 Å². The molecular weight excluding hydrogens is 250 g/mol. The highest BCUT2D eigenvalue weighted by atomic mass is 35.5. The maximum absolute atomic E-state index is 11.0. The Morgan fingerprint density at radius 1 is 1.65 bits per heavy atom. The van der Waals surface area contributed by atoms with Crippen LogP contribution in [0.1, 0.15) is 6.92 Å². The molecule has 1 aromatic rings. The number of rotatable bonds is 5. The van der Waals surface area contributed by atoms with Crippen LogP contribution in [0, 0.1) is 10.1 Å². The zero-order chi connectivity index (χ0) is 12.8. The molecule has 0 saturated heterocycles. The van der Waals surface area contributed by atoms with E-state index in [0.29, 0.717) is 0 Å². The van der Waals surface area contributed by atoms with Crippen molar-refractivity contribution in [3.8, 4) is 0 Å². The molecule has 0 bridgehead atoms. The van der Waals surface area contributed by atoms with Crippen molar-refractivity contribution < 1.29 is 14.5 Å². The van der Waals surface area contributed by atoms with Crippen LogP contribution in [0.4, 0.5) is 11.5 Å². The highest BCUT2D eigenvalue weighted by Gasteiger charge is 2.11. The van der Waals surface area contributed by atoms with Gasteiger partial charge in [-0.2, -0.15) is 0 Å². The first-order chi connectivity index (χ1) is 8.02. The quantitative estimate of drug-likeness (QED) is 0.374. The van der Waals surface area contributed by atoms with Gasteiger partial charge in [-0.1, -0.05) is 11.6 Å². The van der Waals surface area contributed by atoms with Gasteiger partial charge in [0.25, 0.3) is 5.69 Å². The van der Waals surface area contributed by atoms with Gasteiger partial charge in [-0.05, 0) is 6.92 Å². The van der Waals surface area contributed by atoms with Crippen LogP contribution in [-0.4, -0.2) is 29.0 Å². The number of carbonyl (C=O) groups excluding carboxylic acids is 1. The summed E-state index contributed by atoms with van der Waals surface area (Å²) in [6, 6.07) is 2.31. The molecule has 0 spiro atoms. The highest BCUT2D eigenvalue weighted by Crippen LogP contribution is 2.20. The van der Waals surface area contributed by atoms with Gasteiger partial charge in [-0.25, -0.2) is 4.98 Å². The van der Waals surface area contributed by atoms with Crippen molar-refractivity contribution in [2.45, 2.75) is 6.92 Å². The molecule has 7 nitrogen and oxygen atoms in total. The van der Waals surface area contributed by atoms with Crippen LogP contribution in [0.2, 0.25) is 5.15 Å². The van der Waals surface area contributed by atoms with Crippen LogP contribution in [0.25, 0.3) is 0 Å². The molecule has 0 fully saturated rings. The lowest BCUT2D eigenvalue weighted by Crippen LogP contribution is -2.17. The van der Waals surface area contributed by atoms with Crippen LogP contribution < -0.4 is 5.32 Å². The molecule has 0 amide bonds. The maximum Gasteiger partial charge on any atom is 0.325 e. The van der Waals surface area contributed by atoms with Crippen molar-refractivity contribution in [3.05, 3.63) is 27.4 Å². The fraction of sp³-hybridized carbons (Fsp3) is 0.333. The fourth-order valence-electron chi connectivity index (χ4n) is 1.05. The Hall–Kier alpha value is -1.89. The fourth-order valence-corrected chi connectivity index (χ4v) is 1.26. The number of anilines is 1. The van der Waals surface area contributed by atoms with E-state index in [1.807, 2.05) is 0 Å². The molecule has 8 heteroatoms. The van der Waals surface area contributed by atoms with E-state index in [-0.39, 0.29) is 29.8 Å². The molecule has 0 radical (unpaired) electrons. The molecule has 0 aromatic carbocycles. The van der Waals surface area contributed by atoms with Gasteiger partial charge in [0, 0.05) is 0 Å². The SMILES string of the molecule is CCOC(=O)CNc1cc([N+](=O)[O-])cc(Cl)n1. The standard InChI is InChI=1S/C9H10ClN3O4/c1-2-17-9(14)5-11-8-4-6(13(15)16)3-7(10)12-8/h3-4H,2,5H2,1H3,(H,11,12). The Balaban J connectivity index is 2.71. The number of carbonyl (C=O) groups is 1. The first-order valence-corrected chi connectivity index (χ1v) is 5.12. The summed E-state index contributed by atoms with van der Waals surface area (Å²) in [6.07, 6.45) is 0. The number of nitro groups is 1. The second-order valence-corrected chi connectivity index (χ2v) is 3.34. The molecule has 1 rings (SSSR count). The van der Waals surface area contributed by atoms with Gasteiger partial charge in [-0.15, -0.1) is 0 Å². The predicted octanol–water partition coefficient (Wildman–Crippen LogP) is 1.62. The Labute approximate surface area is 102 Å². The summed E-state index contributed by atoms with van der Waals surface area (Å²) in [6.45, 7) is 1.82. The summed E-state index contributed by atoms with van der Waals surface area (Å²) in [7, 11) is 0. The van der Waals surface area contributed by atoms with Gasteiger partial charge in [0.1, 0.15) is 17.5 Å². The minimum absolute atomic E-state index is 0.0226. The van der Waals surface area contributed by atoms with Crippen LogP contribution in [0.15, 0.2) is 12.1 Å². The Morgan fingerprint density at radius 2 is 2.35 bits per heavy atom. The zero-order valence-corrected chi connectivity index (χ0v) is 9.73. The number of hydrogen-bond donors (Lipinski definition) is 1. The molecule has 1 aromatic heterocycles. The number of halogens is 1. The van der Waals surface area contributed by atoms with Crippen LogP contribution in [0.5, 0.6) is 0 Å². The number of ether oxygens (including phenoxy) is 1. The Morgan fingerprint density at radius 3 is 2.94 bits per heavy atom. The minimum atomic E-state index is -0.594. The van der Waals surface area contributed by atoms with E-state index >= 15 is 0 Å². The second kappa shape index (κ2) is 6.00. The maximum atomic E-state index is 11.0. The van der Waals surface area contributed by atoms with Crippen molar-refractivity contribution in [2.75, 3.05) is 18.5 Å². The number of pyridine rings is 1. The van der Waals surface area contributed by atoms with Crippen molar-refractivity contribution >= 4 is 29.1 Å². The Kier molecular flexibility index (Phi) is 4.65. The summed E-state index contributed by atoms with van der Waals surface area (Å²) in [5.74, 6) is -0.325. The molecule has 0 aliphatic carbocycles. The van der Waals surface area contributed by atoms with E-state index < -0.39 is 10.9 Å². The van der Waals surface area contributed by atoms with Crippen LogP contribution in [0.3, 0.4) is 0 Å². The summed E-state index contributed by atoms with van der Waals surface area (Å²) >= 11 is 5.60. The lowest BCUT2D eigenvalue weighted by atomic mass is 10.4. The number of aromatic nitrogens is 1. The molecule has 0 atom stereocenters. The average Bonchev–Trinajstić information content (AvgIpc) is 2.26. The minimum Gasteiger partial charge on any atom is -0.465 e. The van der Waals surface area contributed by atoms with E-state index in [0.717, 1.165) is 6.07 Å². The van der Waals surface area contributed by atoms with Gasteiger partial charge in [0.05, 0.1) is 23.7 Å². The van der Waals surface area contributed by atoms with Crippen molar-refractivity contribution in [1.29, 1.82) is 0 Å². The zero-order valence-electron chi connectivity index (χ0n) is 8.97. The summed E-state index contributed by atoms with van der Waals surface area (Å²) < 4.78 is 4.68. The molecule has 1 heterocycles. The third kappa shape index (κ3) is 4.23. The number of esters is 1. The summed E-state index contributed by atoms with van der Waals surface area (Å²) in [5, 5.41) is 13.1. The van der Waals surface area contributed by atoms with Crippen molar-refractivity contribution in [3.63, 3.8) is 0 Å². The molecule has 17 heavy (non-hydrogen) atoms. The average molecular weight is 260 g/mol. The number of nitrogens with one attached hydrogen (secondary N) is 1. The lowest BCUT2D eigenvalue weighted by Gasteiger charge is -2.05. The van der Waals surface area contributed by atoms with Crippen molar-refractivity contribution in [1.82, 2.24) is 4.98 Å². The number of nitrogens with zero attached hydrogens (tertiary/aromatic N) is 2. The lowest BCUT2D eigenvalue weighted by molar-refractivity contribution is -0.384. The van der Waals surface area contributed by atoms with E-state index in [2.05, 4.69) is 15.0 Å². The van der Waals surface area contributed by atoms with E-state index in [1.165, 1.54) is 6.07 Å². The molecule has 0 saturated carbocycles. The summed E-state index contributed by atoms with van der Waals surface area (Å²) in [4.78, 5) is 24.8. The second-order valence-electron chi connectivity index (χ2n) is 2.95. The number of hydrogen-bond acceptors (Lipinski definition) is 6. The van der Waals surface area contributed by atoms with Gasteiger partial charge >= 0.3 is 5.97 Å². The van der Waals surface area contributed by atoms with Gasteiger partial charge < -0.3 is 10.1 Å². The predicted molar refractivity (Wildman–Crippen MR) is 61.0 cm³/mol. The van der Waals surface area contributed by atoms with Crippen LogP contribution in [-0.2, 0) is 9.53 Å². The van der Waals surface area contributed by atoms with Crippen molar-refractivity contribution in [2.24, 2.45) is 0 Å². The van der Waals surface area contributed by atoms with Gasteiger partial charge in [-0.3, -0.25) is 14.9 Å². The topological polar surface area (TPSA) is 94.4 Å². The first-order valence-electron chi connectivity index (χ1n) is 4.74. The molecule has 0 unspecified atom stereocenters. The van der Waals surface area contributed by atoms with E-state index in [4.69, 9.17) is 11.6 Å².